The number of amidine groups is 1. The van der Waals surface area contributed by atoms with Gasteiger partial charge in [-0.1, -0.05) is 12.1 Å². The monoisotopic (exact) mass is 336 g/mol. The first-order valence-corrected chi connectivity index (χ1v) is 9.07. The van der Waals surface area contributed by atoms with E-state index in [9.17, 15) is 13.2 Å². The molecule has 0 bridgehead atoms. The van der Waals surface area contributed by atoms with E-state index in [4.69, 9.17) is 0 Å². The molecule has 0 unspecified atom stereocenters. The van der Waals surface area contributed by atoms with Gasteiger partial charge in [0.25, 0.3) is 10.0 Å². The summed E-state index contributed by atoms with van der Waals surface area (Å²) in [5.74, 6) is 0.322. The van der Waals surface area contributed by atoms with E-state index in [2.05, 4.69) is 9.71 Å². The van der Waals surface area contributed by atoms with Crippen LogP contribution in [0, 0.1) is 0 Å². The molecule has 7 nitrogen and oxygen atoms in total. The molecule has 1 aromatic carbocycles. The minimum atomic E-state index is -3.65. The smallest absolute Gasteiger partial charge is 0.285 e. The Kier molecular flexibility index (Phi) is 4.36. The summed E-state index contributed by atoms with van der Waals surface area (Å²) < 4.78 is 28.0. The lowest BCUT2D eigenvalue weighted by Crippen LogP contribution is -2.42. The van der Waals surface area contributed by atoms with Gasteiger partial charge in [-0.3, -0.25) is 4.79 Å². The first-order valence-electron chi connectivity index (χ1n) is 7.63. The van der Waals surface area contributed by atoms with Crippen LogP contribution in [0.15, 0.2) is 33.6 Å². The highest BCUT2D eigenvalue weighted by molar-refractivity contribution is 7.90. The second-order valence-corrected chi connectivity index (χ2v) is 7.30. The molecule has 0 saturated carbocycles. The second-order valence-electron chi connectivity index (χ2n) is 5.73. The van der Waals surface area contributed by atoms with Gasteiger partial charge in [0.05, 0.1) is 6.54 Å². The van der Waals surface area contributed by atoms with Gasteiger partial charge in [0.15, 0.2) is 5.84 Å². The fourth-order valence-corrected chi connectivity index (χ4v) is 4.09. The number of carbonyl (C=O) groups is 1. The van der Waals surface area contributed by atoms with Crippen molar-refractivity contribution in [3.8, 4) is 0 Å². The molecule has 124 valence electrons. The number of benzene rings is 1. The van der Waals surface area contributed by atoms with E-state index in [-0.39, 0.29) is 17.3 Å². The summed E-state index contributed by atoms with van der Waals surface area (Å²) in [6.07, 6.45) is 0.924. The molecule has 3 rings (SSSR count). The first kappa shape index (κ1) is 15.9. The molecule has 0 aromatic heterocycles. The molecule has 1 saturated heterocycles. The zero-order valence-corrected chi connectivity index (χ0v) is 13.8. The number of nitrogens with one attached hydrogen (secondary N) is 1. The second kappa shape index (κ2) is 6.29. The summed E-state index contributed by atoms with van der Waals surface area (Å²) in [5, 5.41) is 3.25. The Labute approximate surface area is 136 Å². The van der Waals surface area contributed by atoms with Crippen molar-refractivity contribution < 1.29 is 13.2 Å². The molecule has 0 aliphatic carbocycles. The van der Waals surface area contributed by atoms with Crippen molar-refractivity contribution in [2.75, 3.05) is 39.8 Å². The fourth-order valence-electron chi connectivity index (χ4n) is 2.84. The molecule has 1 amide bonds. The number of fused-ring (bicyclic) bond motifs is 1. The Hall–Kier alpha value is -1.93. The highest BCUT2D eigenvalue weighted by Crippen LogP contribution is 2.26. The van der Waals surface area contributed by atoms with Crippen LogP contribution in [-0.2, 0) is 14.8 Å². The van der Waals surface area contributed by atoms with E-state index >= 15 is 0 Å². The van der Waals surface area contributed by atoms with Crippen LogP contribution in [0.5, 0.6) is 0 Å². The van der Waals surface area contributed by atoms with E-state index in [1.54, 1.807) is 30.1 Å². The molecule has 1 N–H and O–H groups in total. The molecule has 2 heterocycles. The van der Waals surface area contributed by atoms with Crippen LogP contribution >= 0.6 is 0 Å². The van der Waals surface area contributed by atoms with Gasteiger partial charge in [0, 0.05) is 32.2 Å². The van der Waals surface area contributed by atoms with E-state index in [1.807, 2.05) is 4.90 Å². The molecule has 2 aliphatic rings. The summed E-state index contributed by atoms with van der Waals surface area (Å²) in [6.45, 7) is 3.21. The molecular formula is C15H20N4O3S. The van der Waals surface area contributed by atoms with Crippen molar-refractivity contribution in [1.29, 1.82) is 0 Å². The third-order valence-corrected chi connectivity index (χ3v) is 5.36. The van der Waals surface area contributed by atoms with Crippen LogP contribution in [0.3, 0.4) is 0 Å². The van der Waals surface area contributed by atoms with Crippen molar-refractivity contribution in [3.05, 3.63) is 29.8 Å². The van der Waals surface area contributed by atoms with Gasteiger partial charge in [-0.05, 0) is 25.1 Å². The van der Waals surface area contributed by atoms with E-state index in [1.165, 1.54) is 6.07 Å². The van der Waals surface area contributed by atoms with Crippen LogP contribution in [0.2, 0.25) is 0 Å². The number of likely N-dealkylation sites (N-methyl/N-ethyl adjacent to an activating group) is 1. The zero-order valence-electron chi connectivity index (χ0n) is 13.0. The van der Waals surface area contributed by atoms with Crippen LogP contribution in [0.25, 0.3) is 0 Å². The molecule has 0 spiro atoms. The molecule has 2 aliphatic heterocycles. The summed E-state index contributed by atoms with van der Waals surface area (Å²) in [4.78, 5) is 16.1. The molecule has 23 heavy (non-hydrogen) atoms. The highest BCUT2D eigenvalue weighted by Gasteiger charge is 2.31. The number of hydrogen-bond donors (Lipinski definition) is 1. The maximum absolute atomic E-state index is 12.4. The lowest BCUT2D eigenvalue weighted by atomic mass is 10.2. The SMILES string of the molecule is CN(CC(=O)N1CCCNCC1)C1=NS(=O)(=O)c2ccccc21. The number of sulfonamides is 1. The number of carbonyl (C=O) groups excluding carboxylic acids is 1. The van der Waals surface area contributed by atoms with Gasteiger partial charge in [-0.15, -0.1) is 4.40 Å². The number of nitrogens with zero attached hydrogens (tertiary/aromatic N) is 3. The predicted molar refractivity (Wildman–Crippen MR) is 86.9 cm³/mol. The van der Waals surface area contributed by atoms with E-state index in [0.717, 1.165) is 26.1 Å². The summed E-state index contributed by atoms with van der Waals surface area (Å²) >= 11 is 0. The van der Waals surface area contributed by atoms with Crippen LogP contribution in [-0.4, -0.2) is 69.7 Å². The van der Waals surface area contributed by atoms with Crippen LogP contribution < -0.4 is 5.32 Å². The summed E-state index contributed by atoms with van der Waals surface area (Å²) in [6, 6.07) is 6.70. The third-order valence-electron chi connectivity index (χ3n) is 4.04. The van der Waals surface area contributed by atoms with Gasteiger partial charge in [0.1, 0.15) is 4.90 Å². The third kappa shape index (κ3) is 3.23. The Morgan fingerprint density at radius 3 is 2.91 bits per heavy atom. The lowest BCUT2D eigenvalue weighted by molar-refractivity contribution is -0.131. The van der Waals surface area contributed by atoms with E-state index < -0.39 is 10.0 Å². The molecule has 0 atom stereocenters. The molecule has 8 heteroatoms. The van der Waals surface area contributed by atoms with Crippen molar-refractivity contribution in [2.24, 2.45) is 4.40 Å². The Bertz CT molecular complexity index is 737. The van der Waals surface area contributed by atoms with Gasteiger partial charge < -0.3 is 15.1 Å². The van der Waals surface area contributed by atoms with Crippen LogP contribution in [0.4, 0.5) is 0 Å². The zero-order chi connectivity index (χ0) is 16.4. The summed E-state index contributed by atoms with van der Waals surface area (Å²) in [5.41, 5.74) is 0.556. The van der Waals surface area contributed by atoms with Crippen molar-refractivity contribution >= 4 is 21.8 Å². The minimum Gasteiger partial charge on any atom is -0.349 e. The summed E-state index contributed by atoms with van der Waals surface area (Å²) in [7, 11) is -1.96. The fraction of sp³-hybridized carbons (Fsp3) is 0.467. The molecule has 0 radical (unpaired) electrons. The minimum absolute atomic E-state index is 0.0133. The number of rotatable bonds is 2. The van der Waals surface area contributed by atoms with Gasteiger partial charge in [0.2, 0.25) is 5.91 Å². The average Bonchev–Trinajstić information content (AvgIpc) is 2.72. The molecule has 1 aromatic rings. The van der Waals surface area contributed by atoms with E-state index in [0.29, 0.717) is 17.9 Å². The standard InChI is InChI=1S/C15H20N4O3S/c1-18(11-14(20)19-9-4-7-16-8-10-19)15-12-5-2-3-6-13(12)23(21,22)17-15/h2-3,5-6,16H,4,7-11H2,1H3. The first-order chi connectivity index (χ1) is 11.0. The predicted octanol–water partition coefficient (Wildman–Crippen LogP) is -0.111. The quantitative estimate of drug-likeness (QED) is 0.815. The maximum atomic E-state index is 12.4. The van der Waals surface area contributed by atoms with Gasteiger partial charge in [-0.25, -0.2) is 0 Å². The topological polar surface area (TPSA) is 82.1 Å². The van der Waals surface area contributed by atoms with Crippen molar-refractivity contribution in [2.45, 2.75) is 11.3 Å². The molecular weight excluding hydrogens is 316 g/mol. The van der Waals surface area contributed by atoms with Gasteiger partial charge in [-0.2, -0.15) is 8.42 Å². The van der Waals surface area contributed by atoms with Crippen LogP contribution in [0.1, 0.15) is 12.0 Å². The number of amides is 1. The van der Waals surface area contributed by atoms with Crippen molar-refractivity contribution in [3.63, 3.8) is 0 Å². The average molecular weight is 336 g/mol. The van der Waals surface area contributed by atoms with Crippen molar-refractivity contribution in [1.82, 2.24) is 15.1 Å². The largest absolute Gasteiger partial charge is 0.349 e. The highest BCUT2D eigenvalue weighted by atomic mass is 32.2. The Balaban J connectivity index is 1.76. The normalized spacial score (nSPS) is 19.7. The number of hydrogen-bond acceptors (Lipinski definition) is 5. The Morgan fingerprint density at radius 2 is 2.09 bits per heavy atom. The molecule has 1 fully saturated rings. The lowest BCUT2D eigenvalue weighted by Gasteiger charge is -2.24. The maximum Gasteiger partial charge on any atom is 0.285 e. The Morgan fingerprint density at radius 1 is 1.30 bits per heavy atom. The van der Waals surface area contributed by atoms with Gasteiger partial charge >= 0.3 is 0 Å².